The number of carbonyl (C=O) groups excluding carboxylic acids is 1. The standard InChI is InChI=1S/C16H25N3OS/c1-2-17-8-10-18(11-9-17)13-16(20)19-7-3-5-14(19)15-6-4-12-21-15/h4,6,12,14H,2-3,5,7-11,13H2,1H3. The molecule has 2 saturated heterocycles. The van der Waals surface area contributed by atoms with E-state index in [1.54, 1.807) is 11.3 Å². The van der Waals surface area contributed by atoms with Crippen LogP contribution in [0.2, 0.25) is 0 Å². The maximum absolute atomic E-state index is 12.6. The molecule has 1 atom stereocenters. The van der Waals surface area contributed by atoms with Gasteiger partial charge in [-0.2, -0.15) is 0 Å². The molecule has 0 spiro atoms. The zero-order valence-electron chi connectivity index (χ0n) is 12.8. The average Bonchev–Trinajstić information content (AvgIpc) is 3.18. The van der Waals surface area contributed by atoms with Crippen LogP contribution in [0.3, 0.4) is 0 Å². The van der Waals surface area contributed by atoms with Crippen LogP contribution < -0.4 is 0 Å². The number of amides is 1. The molecule has 2 aliphatic rings. The number of hydrogen-bond donors (Lipinski definition) is 0. The van der Waals surface area contributed by atoms with Crippen LogP contribution in [-0.4, -0.2) is 66.4 Å². The van der Waals surface area contributed by atoms with Gasteiger partial charge in [-0.05, 0) is 30.8 Å². The van der Waals surface area contributed by atoms with Crippen molar-refractivity contribution in [1.82, 2.24) is 14.7 Å². The molecule has 4 nitrogen and oxygen atoms in total. The second-order valence-electron chi connectivity index (χ2n) is 5.97. The van der Waals surface area contributed by atoms with E-state index >= 15 is 0 Å². The Kier molecular flexibility index (Phi) is 4.93. The van der Waals surface area contributed by atoms with E-state index in [0.717, 1.165) is 52.1 Å². The Morgan fingerprint density at radius 2 is 2.00 bits per heavy atom. The molecule has 1 aromatic heterocycles. The van der Waals surface area contributed by atoms with Crippen LogP contribution >= 0.6 is 11.3 Å². The molecule has 21 heavy (non-hydrogen) atoms. The summed E-state index contributed by atoms with van der Waals surface area (Å²) in [6.07, 6.45) is 2.26. The summed E-state index contributed by atoms with van der Waals surface area (Å²) in [6.45, 7) is 9.09. The van der Waals surface area contributed by atoms with E-state index in [1.807, 2.05) is 0 Å². The molecular formula is C16H25N3OS. The second-order valence-corrected chi connectivity index (χ2v) is 6.95. The number of piperazine rings is 1. The van der Waals surface area contributed by atoms with Gasteiger partial charge in [-0.3, -0.25) is 9.69 Å². The van der Waals surface area contributed by atoms with E-state index in [0.29, 0.717) is 18.5 Å². The lowest BCUT2D eigenvalue weighted by molar-refractivity contribution is -0.133. The van der Waals surface area contributed by atoms with E-state index in [4.69, 9.17) is 0 Å². The van der Waals surface area contributed by atoms with Gasteiger partial charge in [-0.1, -0.05) is 13.0 Å². The molecule has 0 radical (unpaired) electrons. The van der Waals surface area contributed by atoms with Crippen molar-refractivity contribution in [3.05, 3.63) is 22.4 Å². The highest BCUT2D eigenvalue weighted by molar-refractivity contribution is 7.10. The van der Waals surface area contributed by atoms with E-state index < -0.39 is 0 Å². The third-order valence-electron chi connectivity index (χ3n) is 4.72. The van der Waals surface area contributed by atoms with Crippen molar-refractivity contribution in [3.63, 3.8) is 0 Å². The molecule has 0 saturated carbocycles. The zero-order valence-corrected chi connectivity index (χ0v) is 13.6. The molecule has 3 rings (SSSR count). The van der Waals surface area contributed by atoms with Crippen LogP contribution in [0.4, 0.5) is 0 Å². The van der Waals surface area contributed by atoms with Gasteiger partial charge in [0.15, 0.2) is 0 Å². The van der Waals surface area contributed by atoms with Gasteiger partial charge in [0.2, 0.25) is 5.91 Å². The number of carbonyl (C=O) groups is 1. The molecule has 0 aliphatic carbocycles. The highest BCUT2D eigenvalue weighted by atomic mass is 32.1. The summed E-state index contributed by atoms with van der Waals surface area (Å²) >= 11 is 1.78. The summed E-state index contributed by atoms with van der Waals surface area (Å²) in [5, 5.41) is 2.11. The molecule has 116 valence electrons. The minimum absolute atomic E-state index is 0.316. The number of thiophene rings is 1. The first-order chi connectivity index (χ1) is 10.3. The molecule has 0 aromatic carbocycles. The Morgan fingerprint density at radius 1 is 1.24 bits per heavy atom. The fourth-order valence-electron chi connectivity index (χ4n) is 3.39. The van der Waals surface area contributed by atoms with Crippen molar-refractivity contribution >= 4 is 17.2 Å². The Hall–Kier alpha value is -0.910. The van der Waals surface area contributed by atoms with Gasteiger partial charge in [0.1, 0.15) is 0 Å². The molecule has 5 heteroatoms. The molecule has 3 heterocycles. The first-order valence-corrected chi connectivity index (χ1v) is 8.93. The van der Waals surface area contributed by atoms with Gasteiger partial charge in [0, 0.05) is 37.6 Å². The third-order valence-corrected chi connectivity index (χ3v) is 5.69. The molecule has 1 amide bonds. The first-order valence-electron chi connectivity index (χ1n) is 8.05. The summed E-state index contributed by atoms with van der Waals surface area (Å²) in [4.78, 5) is 20.9. The predicted molar refractivity (Wildman–Crippen MR) is 86.6 cm³/mol. The topological polar surface area (TPSA) is 26.8 Å². The smallest absolute Gasteiger partial charge is 0.237 e. The van der Waals surface area contributed by atoms with Gasteiger partial charge in [0.25, 0.3) is 0 Å². The normalized spacial score (nSPS) is 24.6. The summed E-state index contributed by atoms with van der Waals surface area (Å²) in [5.41, 5.74) is 0. The van der Waals surface area contributed by atoms with E-state index in [-0.39, 0.29) is 0 Å². The monoisotopic (exact) mass is 307 g/mol. The number of likely N-dealkylation sites (N-methyl/N-ethyl adjacent to an activating group) is 1. The zero-order chi connectivity index (χ0) is 14.7. The highest BCUT2D eigenvalue weighted by Crippen LogP contribution is 2.34. The van der Waals surface area contributed by atoms with Crippen LogP contribution in [-0.2, 0) is 4.79 Å². The van der Waals surface area contributed by atoms with Crippen LogP contribution in [0, 0.1) is 0 Å². The fraction of sp³-hybridized carbons (Fsp3) is 0.688. The Labute approximate surface area is 131 Å². The molecular weight excluding hydrogens is 282 g/mol. The molecule has 1 unspecified atom stereocenters. The average molecular weight is 307 g/mol. The lowest BCUT2D eigenvalue weighted by Gasteiger charge is -2.35. The highest BCUT2D eigenvalue weighted by Gasteiger charge is 2.31. The summed E-state index contributed by atoms with van der Waals surface area (Å²) in [7, 11) is 0. The quantitative estimate of drug-likeness (QED) is 0.852. The second kappa shape index (κ2) is 6.90. The number of hydrogen-bond acceptors (Lipinski definition) is 4. The SMILES string of the molecule is CCN1CCN(CC(=O)N2CCCC2c2cccs2)CC1. The van der Waals surface area contributed by atoms with Gasteiger partial charge in [-0.15, -0.1) is 11.3 Å². The van der Waals surface area contributed by atoms with E-state index in [1.165, 1.54) is 4.88 Å². The van der Waals surface area contributed by atoms with Gasteiger partial charge in [-0.25, -0.2) is 0 Å². The van der Waals surface area contributed by atoms with E-state index in [9.17, 15) is 4.79 Å². The molecule has 1 aromatic rings. The Balaban J connectivity index is 1.55. The van der Waals surface area contributed by atoms with Crippen LogP contribution in [0.5, 0.6) is 0 Å². The lowest BCUT2D eigenvalue weighted by atomic mass is 10.2. The molecule has 0 bridgehead atoms. The lowest BCUT2D eigenvalue weighted by Crippen LogP contribution is -2.49. The third kappa shape index (κ3) is 3.47. The Bertz CT molecular complexity index is 454. The molecule has 0 N–H and O–H groups in total. The maximum Gasteiger partial charge on any atom is 0.237 e. The van der Waals surface area contributed by atoms with Crippen molar-refractivity contribution in [2.45, 2.75) is 25.8 Å². The fourth-order valence-corrected chi connectivity index (χ4v) is 4.26. The van der Waals surface area contributed by atoms with Crippen molar-refractivity contribution in [2.24, 2.45) is 0 Å². The van der Waals surface area contributed by atoms with Crippen LogP contribution in [0.1, 0.15) is 30.7 Å². The minimum atomic E-state index is 0.316. The minimum Gasteiger partial charge on any atom is -0.334 e. The van der Waals surface area contributed by atoms with Crippen molar-refractivity contribution in [2.75, 3.05) is 45.8 Å². The van der Waals surface area contributed by atoms with E-state index in [2.05, 4.69) is 39.1 Å². The van der Waals surface area contributed by atoms with Gasteiger partial charge in [0.05, 0.1) is 12.6 Å². The van der Waals surface area contributed by atoms with Crippen molar-refractivity contribution < 1.29 is 4.79 Å². The first kappa shape index (κ1) is 15.0. The number of rotatable bonds is 4. The summed E-state index contributed by atoms with van der Waals surface area (Å²) < 4.78 is 0. The largest absolute Gasteiger partial charge is 0.334 e. The Morgan fingerprint density at radius 3 is 2.67 bits per heavy atom. The van der Waals surface area contributed by atoms with Crippen LogP contribution in [0.25, 0.3) is 0 Å². The van der Waals surface area contributed by atoms with Gasteiger partial charge < -0.3 is 9.80 Å². The van der Waals surface area contributed by atoms with Crippen molar-refractivity contribution in [3.8, 4) is 0 Å². The summed E-state index contributed by atoms with van der Waals surface area (Å²) in [6, 6.07) is 4.58. The maximum atomic E-state index is 12.6. The molecule has 2 aliphatic heterocycles. The van der Waals surface area contributed by atoms with Crippen molar-refractivity contribution in [1.29, 1.82) is 0 Å². The predicted octanol–water partition coefficient (Wildman–Crippen LogP) is 2.05. The summed E-state index contributed by atoms with van der Waals surface area (Å²) in [5.74, 6) is 0.316. The van der Waals surface area contributed by atoms with Gasteiger partial charge >= 0.3 is 0 Å². The molecule has 2 fully saturated rings. The number of nitrogens with zero attached hydrogens (tertiary/aromatic N) is 3. The number of likely N-dealkylation sites (tertiary alicyclic amines) is 1. The van der Waals surface area contributed by atoms with Crippen LogP contribution in [0.15, 0.2) is 17.5 Å².